The molecule has 1 aliphatic carbocycles. The molecule has 0 bridgehead atoms. The van der Waals surface area contributed by atoms with E-state index in [1.807, 2.05) is 48.8 Å². The smallest absolute Gasteiger partial charge is 0.303 e. The maximum atomic E-state index is 11.4. The number of carbonyl (C=O) groups is 1. The molecule has 0 unspecified atom stereocenters. The van der Waals surface area contributed by atoms with Gasteiger partial charge in [-0.2, -0.15) is 0 Å². The van der Waals surface area contributed by atoms with Crippen LogP contribution in [0.5, 0.6) is 11.5 Å². The lowest BCUT2D eigenvalue weighted by atomic mass is 9.91. The van der Waals surface area contributed by atoms with Gasteiger partial charge >= 0.3 is 5.97 Å². The second kappa shape index (κ2) is 11.0. The number of ether oxygens (including phenoxy) is 2. The van der Waals surface area contributed by atoms with Crippen LogP contribution in [0.1, 0.15) is 43.6 Å². The number of anilines is 1. The zero-order valence-corrected chi connectivity index (χ0v) is 20.8. The predicted octanol–water partition coefficient (Wildman–Crippen LogP) is 6.02. The average molecular weight is 487 g/mol. The number of rotatable bonds is 10. The number of piperidine rings is 1. The van der Waals surface area contributed by atoms with E-state index in [4.69, 9.17) is 9.47 Å². The van der Waals surface area contributed by atoms with Gasteiger partial charge in [0, 0.05) is 42.8 Å². The number of pyridine rings is 1. The zero-order chi connectivity index (χ0) is 24.9. The van der Waals surface area contributed by atoms with Crippen molar-refractivity contribution in [2.24, 2.45) is 11.8 Å². The van der Waals surface area contributed by atoms with Gasteiger partial charge in [-0.3, -0.25) is 9.78 Å². The van der Waals surface area contributed by atoms with Crippen LogP contribution in [0, 0.1) is 11.8 Å². The lowest BCUT2D eigenvalue weighted by molar-refractivity contribution is -0.137. The summed E-state index contributed by atoms with van der Waals surface area (Å²) < 4.78 is 11.7. The second-order valence-corrected chi connectivity index (χ2v) is 9.97. The molecule has 6 nitrogen and oxygen atoms in total. The van der Waals surface area contributed by atoms with E-state index >= 15 is 0 Å². The van der Waals surface area contributed by atoms with Crippen molar-refractivity contribution in [3.8, 4) is 22.6 Å². The molecule has 2 fully saturated rings. The first kappa shape index (κ1) is 24.2. The highest BCUT2D eigenvalue weighted by atomic mass is 16.5. The van der Waals surface area contributed by atoms with Gasteiger partial charge in [0.15, 0.2) is 0 Å². The number of carboxylic acid groups (broad SMARTS) is 1. The Balaban J connectivity index is 1.21. The number of aliphatic carboxylic acids is 1. The van der Waals surface area contributed by atoms with Crippen molar-refractivity contribution >= 4 is 11.7 Å². The fourth-order valence-corrected chi connectivity index (χ4v) is 5.31. The molecule has 0 spiro atoms. The topological polar surface area (TPSA) is 71.9 Å². The number of hydrogen-bond donors (Lipinski definition) is 1. The first-order valence-electron chi connectivity index (χ1n) is 12.9. The Morgan fingerprint density at radius 2 is 1.81 bits per heavy atom. The van der Waals surface area contributed by atoms with E-state index in [-0.39, 0.29) is 12.3 Å². The minimum Gasteiger partial charge on any atom is -0.497 e. The van der Waals surface area contributed by atoms with Crippen LogP contribution in [0.2, 0.25) is 0 Å². The van der Waals surface area contributed by atoms with Crippen molar-refractivity contribution < 1.29 is 19.4 Å². The monoisotopic (exact) mass is 486 g/mol. The largest absolute Gasteiger partial charge is 0.497 e. The quantitative estimate of drug-likeness (QED) is 0.378. The Morgan fingerprint density at radius 3 is 2.50 bits per heavy atom. The summed E-state index contributed by atoms with van der Waals surface area (Å²) in [6, 6.07) is 18.4. The molecule has 1 saturated heterocycles. The van der Waals surface area contributed by atoms with Gasteiger partial charge in [0.25, 0.3) is 0 Å². The standard InChI is InChI=1S/C30H34N2O4/c1-35-25-7-8-27(23-9-13-31-14-10-23)29(18-25)32-15-11-21(12-16-32)20-36-26-4-2-3-24(17-26)28(19-30(33)34)22-5-6-22/h2-4,7-10,13-14,17-18,21-22,28H,5-6,11-12,15-16,19-20H2,1H3,(H,33,34)/t28-/m0/s1. The molecule has 1 aliphatic heterocycles. The van der Waals surface area contributed by atoms with Crippen molar-refractivity contribution in [1.82, 2.24) is 4.98 Å². The highest BCUT2D eigenvalue weighted by Gasteiger charge is 2.34. The first-order chi connectivity index (χ1) is 17.6. The molecule has 1 aromatic heterocycles. The third kappa shape index (κ3) is 5.81. The molecule has 0 amide bonds. The second-order valence-electron chi connectivity index (χ2n) is 9.97. The van der Waals surface area contributed by atoms with E-state index in [1.165, 1.54) is 11.3 Å². The lowest BCUT2D eigenvalue weighted by Crippen LogP contribution is -2.35. The maximum Gasteiger partial charge on any atom is 0.303 e. The van der Waals surface area contributed by atoms with Gasteiger partial charge < -0.3 is 19.5 Å². The molecule has 2 heterocycles. The molecule has 3 aromatic rings. The number of benzene rings is 2. The number of methoxy groups -OCH3 is 1. The molecule has 6 heteroatoms. The number of hydrogen-bond acceptors (Lipinski definition) is 5. The molecule has 5 rings (SSSR count). The van der Waals surface area contributed by atoms with Crippen LogP contribution in [0.4, 0.5) is 5.69 Å². The van der Waals surface area contributed by atoms with Crippen LogP contribution in [0.3, 0.4) is 0 Å². The molecular weight excluding hydrogens is 452 g/mol. The van der Waals surface area contributed by atoms with E-state index in [9.17, 15) is 9.90 Å². The molecule has 188 valence electrons. The average Bonchev–Trinajstić information content (AvgIpc) is 3.76. The van der Waals surface area contributed by atoms with Crippen molar-refractivity contribution in [2.45, 2.75) is 38.0 Å². The van der Waals surface area contributed by atoms with Gasteiger partial charge in [-0.1, -0.05) is 12.1 Å². The molecule has 36 heavy (non-hydrogen) atoms. The number of aromatic nitrogens is 1. The third-order valence-corrected chi connectivity index (χ3v) is 7.51. The fraction of sp³-hybridized carbons (Fsp3) is 0.400. The Labute approximate surface area is 212 Å². The molecule has 1 saturated carbocycles. The molecule has 0 radical (unpaired) electrons. The Morgan fingerprint density at radius 1 is 1.03 bits per heavy atom. The van der Waals surface area contributed by atoms with Crippen LogP contribution in [-0.2, 0) is 4.79 Å². The summed E-state index contributed by atoms with van der Waals surface area (Å²) in [5, 5.41) is 9.33. The van der Waals surface area contributed by atoms with Crippen LogP contribution < -0.4 is 14.4 Å². The highest BCUT2D eigenvalue weighted by Crippen LogP contribution is 2.45. The Bertz CT molecular complexity index is 1170. The molecule has 1 N–H and O–H groups in total. The fourth-order valence-electron chi connectivity index (χ4n) is 5.31. The van der Waals surface area contributed by atoms with Crippen LogP contribution in [0.25, 0.3) is 11.1 Å². The van der Waals surface area contributed by atoms with E-state index < -0.39 is 5.97 Å². The molecule has 2 aromatic carbocycles. The van der Waals surface area contributed by atoms with Crippen molar-refractivity contribution in [3.05, 3.63) is 72.6 Å². The molecule has 1 atom stereocenters. The van der Waals surface area contributed by atoms with Gasteiger partial charge in [-0.15, -0.1) is 0 Å². The summed E-state index contributed by atoms with van der Waals surface area (Å²) in [5.41, 5.74) is 4.63. The summed E-state index contributed by atoms with van der Waals surface area (Å²) in [7, 11) is 1.71. The minimum absolute atomic E-state index is 0.0896. The SMILES string of the molecule is COc1ccc(-c2ccncc2)c(N2CCC(COc3cccc([C@@H](CC(=O)O)C4CC4)c3)CC2)c1. The van der Waals surface area contributed by atoms with Gasteiger partial charge in [-0.05, 0) is 91.0 Å². The van der Waals surface area contributed by atoms with Gasteiger partial charge in [0.05, 0.1) is 20.1 Å². The molecular formula is C30H34N2O4. The number of nitrogens with zero attached hydrogens (tertiary/aromatic N) is 2. The van der Waals surface area contributed by atoms with Crippen molar-refractivity contribution in [1.29, 1.82) is 0 Å². The predicted molar refractivity (Wildman–Crippen MR) is 141 cm³/mol. The van der Waals surface area contributed by atoms with Gasteiger partial charge in [0.1, 0.15) is 11.5 Å². The first-order valence-corrected chi connectivity index (χ1v) is 12.9. The maximum absolute atomic E-state index is 11.4. The van der Waals surface area contributed by atoms with Gasteiger partial charge in [-0.25, -0.2) is 0 Å². The Kier molecular flexibility index (Phi) is 7.40. The van der Waals surface area contributed by atoms with Crippen molar-refractivity contribution in [2.75, 3.05) is 31.7 Å². The molecule has 2 aliphatic rings. The zero-order valence-electron chi connectivity index (χ0n) is 20.8. The summed E-state index contributed by atoms with van der Waals surface area (Å²) in [5.74, 6) is 2.05. The lowest BCUT2D eigenvalue weighted by Gasteiger charge is -2.35. The number of carboxylic acids is 1. The van der Waals surface area contributed by atoms with Crippen LogP contribution in [0.15, 0.2) is 67.0 Å². The summed E-state index contributed by atoms with van der Waals surface area (Å²) >= 11 is 0. The minimum atomic E-state index is -0.729. The van der Waals surface area contributed by atoms with Crippen LogP contribution in [-0.4, -0.2) is 42.9 Å². The highest BCUT2D eigenvalue weighted by molar-refractivity contribution is 5.79. The van der Waals surface area contributed by atoms with Crippen molar-refractivity contribution in [3.63, 3.8) is 0 Å². The van der Waals surface area contributed by atoms with E-state index in [2.05, 4.69) is 28.1 Å². The third-order valence-electron chi connectivity index (χ3n) is 7.51. The van der Waals surface area contributed by atoms with Crippen LogP contribution >= 0.6 is 0 Å². The van der Waals surface area contributed by atoms with E-state index in [1.54, 1.807) is 7.11 Å². The normalized spacial score (nSPS) is 17.0. The summed E-state index contributed by atoms with van der Waals surface area (Å²) in [6.07, 6.45) is 8.20. The Hall–Kier alpha value is -3.54. The van der Waals surface area contributed by atoms with Gasteiger partial charge in [0.2, 0.25) is 0 Å². The summed E-state index contributed by atoms with van der Waals surface area (Å²) in [6.45, 7) is 2.60. The van der Waals surface area contributed by atoms with E-state index in [0.29, 0.717) is 18.4 Å². The summed E-state index contributed by atoms with van der Waals surface area (Å²) in [4.78, 5) is 18.0. The van der Waals surface area contributed by atoms with E-state index in [0.717, 1.165) is 61.4 Å².